The molecule has 2 rings (SSSR count). The van der Waals surface area contributed by atoms with Gasteiger partial charge in [-0.2, -0.15) is 5.10 Å². The van der Waals surface area contributed by atoms with E-state index >= 15 is 0 Å². The normalized spacial score (nSPS) is 18.6. The first-order valence-corrected chi connectivity index (χ1v) is 7.56. The third-order valence-electron chi connectivity index (χ3n) is 3.04. The minimum atomic E-state index is -0.235. The fraction of sp³-hybridized carbons (Fsp3) is 0.385. The molecule has 0 radical (unpaired) electrons. The van der Waals surface area contributed by atoms with Crippen molar-refractivity contribution in [1.82, 2.24) is 5.01 Å². The van der Waals surface area contributed by atoms with Crippen LogP contribution in [0.3, 0.4) is 0 Å². The molecule has 0 aromatic heterocycles. The van der Waals surface area contributed by atoms with Crippen LogP contribution in [0.15, 0.2) is 26.2 Å². The summed E-state index contributed by atoms with van der Waals surface area (Å²) in [5.74, 6) is 0.115. The molecule has 0 saturated carbocycles. The predicted molar refractivity (Wildman–Crippen MR) is 81.1 cm³/mol. The SMILES string of the molecule is CCC(=O)N1N=C(C)CC1c1cc(Br)cc(Br)c1O. The lowest BCUT2D eigenvalue weighted by Gasteiger charge is -2.23. The highest BCUT2D eigenvalue weighted by molar-refractivity contribution is 9.11. The molecule has 102 valence electrons. The average Bonchev–Trinajstić information content (AvgIpc) is 2.74. The van der Waals surface area contributed by atoms with Gasteiger partial charge in [0.15, 0.2) is 0 Å². The summed E-state index contributed by atoms with van der Waals surface area (Å²) < 4.78 is 1.45. The second-order valence-electron chi connectivity index (χ2n) is 4.47. The van der Waals surface area contributed by atoms with E-state index in [9.17, 15) is 9.90 Å². The zero-order valence-electron chi connectivity index (χ0n) is 10.7. The van der Waals surface area contributed by atoms with Gasteiger partial charge in [0.2, 0.25) is 5.91 Å². The van der Waals surface area contributed by atoms with E-state index in [0.717, 1.165) is 10.2 Å². The van der Waals surface area contributed by atoms with E-state index in [0.29, 0.717) is 22.9 Å². The molecule has 1 atom stereocenters. The van der Waals surface area contributed by atoms with Crippen molar-refractivity contribution in [2.24, 2.45) is 5.10 Å². The summed E-state index contributed by atoms with van der Waals surface area (Å²) in [4.78, 5) is 11.9. The van der Waals surface area contributed by atoms with Crippen molar-refractivity contribution in [3.63, 3.8) is 0 Å². The number of nitrogens with zero attached hydrogens (tertiary/aromatic N) is 2. The fourth-order valence-corrected chi connectivity index (χ4v) is 3.39. The summed E-state index contributed by atoms with van der Waals surface area (Å²) in [6.45, 7) is 3.69. The van der Waals surface area contributed by atoms with Crippen LogP contribution in [0, 0.1) is 0 Å². The van der Waals surface area contributed by atoms with Gasteiger partial charge in [-0.15, -0.1) is 0 Å². The van der Waals surface area contributed by atoms with Gasteiger partial charge in [0.25, 0.3) is 0 Å². The van der Waals surface area contributed by atoms with Crippen LogP contribution in [0.25, 0.3) is 0 Å². The van der Waals surface area contributed by atoms with Crippen molar-refractivity contribution in [1.29, 1.82) is 0 Å². The van der Waals surface area contributed by atoms with E-state index in [4.69, 9.17) is 0 Å². The molecule has 1 aliphatic heterocycles. The van der Waals surface area contributed by atoms with Gasteiger partial charge in [-0.25, -0.2) is 5.01 Å². The van der Waals surface area contributed by atoms with Crippen LogP contribution in [0.1, 0.15) is 38.3 Å². The van der Waals surface area contributed by atoms with Crippen molar-refractivity contribution in [3.8, 4) is 5.75 Å². The lowest BCUT2D eigenvalue weighted by molar-refractivity contribution is -0.132. The van der Waals surface area contributed by atoms with E-state index < -0.39 is 0 Å². The van der Waals surface area contributed by atoms with Crippen LogP contribution in [0.4, 0.5) is 0 Å². The molecule has 6 heteroatoms. The zero-order chi connectivity index (χ0) is 14.2. The van der Waals surface area contributed by atoms with Crippen molar-refractivity contribution in [2.45, 2.75) is 32.7 Å². The van der Waals surface area contributed by atoms with Crippen LogP contribution >= 0.6 is 31.9 Å². The van der Waals surface area contributed by atoms with Crippen LogP contribution in [0.5, 0.6) is 5.75 Å². The van der Waals surface area contributed by atoms with Gasteiger partial charge in [-0.05, 0) is 35.0 Å². The maximum Gasteiger partial charge on any atom is 0.242 e. The fourth-order valence-electron chi connectivity index (χ4n) is 2.13. The molecule has 1 amide bonds. The molecule has 0 bridgehead atoms. The number of aromatic hydroxyl groups is 1. The Morgan fingerprint density at radius 1 is 1.53 bits per heavy atom. The van der Waals surface area contributed by atoms with Gasteiger partial charge in [-0.1, -0.05) is 22.9 Å². The largest absolute Gasteiger partial charge is 0.506 e. The number of amides is 1. The smallest absolute Gasteiger partial charge is 0.242 e. The molecule has 0 aliphatic carbocycles. The number of phenols is 1. The Morgan fingerprint density at radius 3 is 2.84 bits per heavy atom. The van der Waals surface area contributed by atoms with Crippen molar-refractivity contribution in [2.75, 3.05) is 0 Å². The maximum absolute atomic E-state index is 11.9. The highest BCUT2D eigenvalue weighted by atomic mass is 79.9. The first-order valence-electron chi connectivity index (χ1n) is 5.98. The Hall–Kier alpha value is -0.880. The van der Waals surface area contributed by atoms with Gasteiger partial charge in [0, 0.05) is 28.6 Å². The molecular formula is C13H14Br2N2O2. The lowest BCUT2D eigenvalue weighted by atomic mass is 10.0. The van der Waals surface area contributed by atoms with Gasteiger partial charge in [0.05, 0.1) is 10.5 Å². The number of phenolic OH excluding ortho intramolecular Hbond substituents is 1. The number of hydrazone groups is 1. The summed E-state index contributed by atoms with van der Waals surface area (Å²) in [7, 11) is 0. The molecule has 0 fully saturated rings. The van der Waals surface area contributed by atoms with E-state index in [-0.39, 0.29) is 17.7 Å². The topological polar surface area (TPSA) is 52.9 Å². The van der Waals surface area contributed by atoms with E-state index in [2.05, 4.69) is 37.0 Å². The number of benzene rings is 1. The molecule has 1 aromatic rings. The number of halogens is 2. The van der Waals surface area contributed by atoms with Crippen molar-refractivity contribution >= 4 is 43.5 Å². The van der Waals surface area contributed by atoms with E-state index in [1.807, 2.05) is 13.0 Å². The van der Waals surface area contributed by atoms with E-state index in [1.54, 1.807) is 13.0 Å². The average molecular weight is 390 g/mol. The summed E-state index contributed by atoms with van der Waals surface area (Å²) in [5, 5.41) is 15.9. The van der Waals surface area contributed by atoms with Crippen LogP contribution < -0.4 is 0 Å². The van der Waals surface area contributed by atoms with Gasteiger partial charge in [0.1, 0.15) is 5.75 Å². The first-order chi connectivity index (χ1) is 8.93. The molecule has 1 heterocycles. The molecular weight excluding hydrogens is 376 g/mol. The Balaban J connectivity index is 2.44. The molecule has 1 aliphatic rings. The maximum atomic E-state index is 11.9. The number of carbonyl (C=O) groups is 1. The molecule has 1 N–H and O–H groups in total. The number of hydrogen-bond acceptors (Lipinski definition) is 3. The molecule has 4 nitrogen and oxygen atoms in total. The summed E-state index contributed by atoms with van der Waals surface area (Å²) in [6.07, 6.45) is 1.03. The Morgan fingerprint density at radius 2 is 2.21 bits per heavy atom. The second kappa shape index (κ2) is 5.63. The monoisotopic (exact) mass is 388 g/mol. The molecule has 1 unspecified atom stereocenters. The summed E-state index contributed by atoms with van der Waals surface area (Å²) in [5.41, 5.74) is 1.59. The summed E-state index contributed by atoms with van der Waals surface area (Å²) >= 11 is 6.71. The van der Waals surface area contributed by atoms with Gasteiger partial charge in [-0.3, -0.25) is 4.79 Å². The minimum Gasteiger partial charge on any atom is -0.506 e. The standard InChI is InChI=1S/C13H14Br2N2O2/c1-3-12(18)17-11(4-7(2)16-17)9-5-8(14)6-10(15)13(9)19/h5-6,11,19H,3-4H2,1-2H3. The molecule has 1 aromatic carbocycles. The quantitative estimate of drug-likeness (QED) is 0.831. The number of hydrogen-bond donors (Lipinski definition) is 1. The molecule has 0 saturated heterocycles. The van der Waals surface area contributed by atoms with Crippen LogP contribution in [-0.4, -0.2) is 21.7 Å². The van der Waals surface area contributed by atoms with Gasteiger partial charge < -0.3 is 5.11 Å². The first kappa shape index (κ1) is 14.5. The number of rotatable bonds is 2. The van der Waals surface area contributed by atoms with Gasteiger partial charge >= 0.3 is 0 Å². The Kier molecular flexibility index (Phi) is 4.30. The van der Waals surface area contributed by atoms with Crippen molar-refractivity contribution < 1.29 is 9.90 Å². The molecule has 19 heavy (non-hydrogen) atoms. The number of carbonyl (C=O) groups excluding carboxylic acids is 1. The highest BCUT2D eigenvalue weighted by Gasteiger charge is 2.32. The third-order valence-corrected chi connectivity index (χ3v) is 4.10. The zero-order valence-corrected chi connectivity index (χ0v) is 13.8. The third kappa shape index (κ3) is 2.84. The van der Waals surface area contributed by atoms with Crippen LogP contribution in [0.2, 0.25) is 0 Å². The highest BCUT2D eigenvalue weighted by Crippen LogP contribution is 2.41. The minimum absolute atomic E-state index is 0.0441. The predicted octanol–water partition coefficient (Wildman–Crippen LogP) is 3.98. The Labute approximate surface area is 128 Å². The van der Waals surface area contributed by atoms with Crippen LogP contribution in [-0.2, 0) is 4.79 Å². The lowest BCUT2D eigenvalue weighted by Crippen LogP contribution is -2.26. The second-order valence-corrected chi connectivity index (χ2v) is 6.24. The van der Waals surface area contributed by atoms with E-state index in [1.165, 1.54) is 5.01 Å². The molecule has 0 spiro atoms. The van der Waals surface area contributed by atoms with Crippen molar-refractivity contribution in [3.05, 3.63) is 26.6 Å². The Bertz CT molecular complexity index is 558. The summed E-state index contributed by atoms with van der Waals surface area (Å²) in [6, 6.07) is 3.36.